The van der Waals surface area contributed by atoms with Crippen molar-refractivity contribution < 1.29 is 0 Å². The summed E-state index contributed by atoms with van der Waals surface area (Å²) >= 11 is 6.33. The lowest BCUT2D eigenvalue weighted by Gasteiger charge is -2.25. The smallest absolute Gasteiger partial charge is 0.0453 e. The summed E-state index contributed by atoms with van der Waals surface area (Å²) < 4.78 is 0. The molecule has 110 valence electrons. The van der Waals surface area contributed by atoms with Crippen molar-refractivity contribution in [3.8, 4) is 0 Å². The van der Waals surface area contributed by atoms with Crippen LogP contribution in [0, 0.1) is 0 Å². The Morgan fingerprint density at radius 3 is 2.67 bits per heavy atom. The Morgan fingerprint density at radius 2 is 1.81 bits per heavy atom. The van der Waals surface area contributed by atoms with Gasteiger partial charge in [0.05, 0.1) is 0 Å². The molecule has 0 spiro atoms. The number of benzene rings is 2. The topological polar surface area (TPSA) is 12.0 Å². The lowest BCUT2D eigenvalue weighted by Crippen LogP contribution is -2.25. The molecule has 0 heterocycles. The maximum absolute atomic E-state index is 6.33. The predicted molar refractivity (Wildman–Crippen MR) is 89.7 cm³/mol. The normalized spacial score (nSPS) is 19.6. The molecule has 2 aromatic rings. The molecule has 0 amide bonds. The molecule has 21 heavy (non-hydrogen) atoms. The zero-order chi connectivity index (χ0) is 14.7. The molecule has 2 atom stereocenters. The van der Waals surface area contributed by atoms with Crippen molar-refractivity contribution >= 4 is 11.6 Å². The number of aryl methyl sites for hydroxylation is 1. The van der Waals surface area contributed by atoms with Gasteiger partial charge in [-0.1, -0.05) is 60.5 Å². The molecule has 0 radical (unpaired) electrons. The van der Waals surface area contributed by atoms with E-state index in [0.717, 1.165) is 5.02 Å². The van der Waals surface area contributed by atoms with Gasteiger partial charge in [0.25, 0.3) is 0 Å². The van der Waals surface area contributed by atoms with E-state index in [1.165, 1.54) is 42.4 Å². The maximum atomic E-state index is 6.33. The van der Waals surface area contributed by atoms with Crippen LogP contribution in [0.3, 0.4) is 0 Å². The van der Waals surface area contributed by atoms with Gasteiger partial charge in [-0.05, 0) is 48.9 Å². The van der Waals surface area contributed by atoms with E-state index in [1.807, 2.05) is 12.1 Å². The average Bonchev–Trinajstić information content (AvgIpc) is 2.70. The van der Waals surface area contributed by atoms with Crippen LogP contribution in [-0.2, 0) is 6.42 Å². The first-order valence-corrected chi connectivity index (χ1v) is 8.22. The van der Waals surface area contributed by atoms with Crippen molar-refractivity contribution in [3.63, 3.8) is 0 Å². The summed E-state index contributed by atoms with van der Waals surface area (Å²) in [6.45, 7) is 2.20. The van der Waals surface area contributed by atoms with Gasteiger partial charge in [0, 0.05) is 17.1 Å². The highest BCUT2D eigenvalue weighted by Crippen LogP contribution is 2.32. The molecule has 1 aliphatic rings. The highest BCUT2D eigenvalue weighted by molar-refractivity contribution is 6.31. The second kappa shape index (κ2) is 6.64. The van der Waals surface area contributed by atoms with Gasteiger partial charge in [-0.2, -0.15) is 0 Å². The summed E-state index contributed by atoms with van der Waals surface area (Å²) in [5.74, 6) is 0. The lowest BCUT2D eigenvalue weighted by molar-refractivity contribution is 0.437. The Labute approximate surface area is 132 Å². The van der Waals surface area contributed by atoms with Crippen LogP contribution in [0.4, 0.5) is 0 Å². The van der Waals surface area contributed by atoms with Gasteiger partial charge >= 0.3 is 0 Å². The molecule has 2 aromatic carbocycles. The summed E-state index contributed by atoms with van der Waals surface area (Å²) in [6.07, 6.45) is 4.97. The fraction of sp³-hybridized carbons (Fsp3) is 0.368. The maximum Gasteiger partial charge on any atom is 0.0453 e. The highest BCUT2D eigenvalue weighted by atomic mass is 35.5. The number of rotatable bonds is 3. The van der Waals surface area contributed by atoms with Gasteiger partial charge in [-0.3, -0.25) is 0 Å². The molecule has 2 heteroatoms. The largest absolute Gasteiger partial charge is 0.303 e. The molecule has 0 saturated carbocycles. The molecular weight excluding hydrogens is 278 g/mol. The quantitative estimate of drug-likeness (QED) is 0.742. The standard InChI is InChI=1S/C19H22ClN/c1-14(16-10-5-6-12-18(16)20)21-19-13-7-3-9-15-8-2-4-11-17(15)19/h2,4-6,8,10-12,14,19,21H,3,7,9,13H2,1H3/t14-,19?/m0/s1. The summed E-state index contributed by atoms with van der Waals surface area (Å²) in [6, 6.07) is 17.7. The van der Waals surface area contributed by atoms with Gasteiger partial charge in [0.15, 0.2) is 0 Å². The van der Waals surface area contributed by atoms with E-state index in [9.17, 15) is 0 Å². The summed E-state index contributed by atoms with van der Waals surface area (Å²) in [5.41, 5.74) is 4.15. The van der Waals surface area contributed by atoms with Crippen molar-refractivity contribution in [3.05, 3.63) is 70.2 Å². The fourth-order valence-corrected chi connectivity index (χ4v) is 3.61. The molecule has 0 fully saturated rings. The number of hydrogen-bond acceptors (Lipinski definition) is 1. The van der Waals surface area contributed by atoms with E-state index in [2.05, 4.69) is 48.6 Å². The number of nitrogens with one attached hydrogen (secondary N) is 1. The van der Waals surface area contributed by atoms with Crippen LogP contribution in [-0.4, -0.2) is 0 Å². The molecule has 0 aliphatic heterocycles. The van der Waals surface area contributed by atoms with E-state index in [-0.39, 0.29) is 6.04 Å². The highest BCUT2D eigenvalue weighted by Gasteiger charge is 2.20. The summed E-state index contributed by atoms with van der Waals surface area (Å²) in [4.78, 5) is 0. The molecule has 1 unspecified atom stereocenters. The van der Waals surface area contributed by atoms with E-state index >= 15 is 0 Å². The van der Waals surface area contributed by atoms with Crippen molar-refractivity contribution in [1.29, 1.82) is 0 Å². The van der Waals surface area contributed by atoms with Gasteiger partial charge < -0.3 is 5.32 Å². The molecule has 3 rings (SSSR count). The Morgan fingerprint density at radius 1 is 1.05 bits per heavy atom. The zero-order valence-corrected chi connectivity index (χ0v) is 13.2. The van der Waals surface area contributed by atoms with Crippen LogP contribution in [0.15, 0.2) is 48.5 Å². The first-order chi connectivity index (χ1) is 10.3. The van der Waals surface area contributed by atoms with Gasteiger partial charge in [0.2, 0.25) is 0 Å². The molecule has 1 aliphatic carbocycles. The summed E-state index contributed by atoms with van der Waals surface area (Å²) in [7, 11) is 0. The minimum Gasteiger partial charge on any atom is -0.303 e. The first kappa shape index (κ1) is 14.6. The monoisotopic (exact) mass is 299 g/mol. The van der Waals surface area contributed by atoms with E-state index in [4.69, 9.17) is 11.6 Å². The van der Waals surface area contributed by atoms with Crippen molar-refractivity contribution in [1.82, 2.24) is 5.32 Å². The van der Waals surface area contributed by atoms with Crippen molar-refractivity contribution in [2.45, 2.75) is 44.7 Å². The Balaban J connectivity index is 1.83. The second-order valence-electron chi connectivity index (χ2n) is 5.91. The predicted octanol–water partition coefficient (Wildman–Crippen LogP) is 5.46. The zero-order valence-electron chi connectivity index (χ0n) is 12.5. The molecule has 1 N–H and O–H groups in total. The van der Waals surface area contributed by atoms with Crippen LogP contribution >= 0.6 is 11.6 Å². The molecule has 1 nitrogen and oxygen atoms in total. The van der Waals surface area contributed by atoms with Crippen LogP contribution in [0.2, 0.25) is 5.02 Å². The average molecular weight is 300 g/mol. The Kier molecular flexibility index (Phi) is 4.62. The van der Waals surface area contributed by atoms with Crippen LogP contribution < -0.4 is 5.32 Å². The van der Waals surface area contributed by atoms with Crippen molar-refractivity contribution in [2.24, 2.45) is 0 Å². The van der Waals surface area contributed by atoms with Gasteiger partial charge in [-0.25, -0.2) is 0 Å². The minimum absolute atomic E-state index is 0.259. The Hall–Kier alpha value is -1.31. The van der Waals surface area contributed by atoms with Crippen LogP contribution in [0.25, 0.3) is 0 Å². The second-order valence-corrected chi connectivity index (χ2v) is 6.31. The molecule has 0 aromatic heterocycles. The fourth-order valence-electron chi connectivity index (χ4n) is 3.31. The first-order valence-electron chi connectivity index (χ1n) is 7.84. The van der Waals surface area contributed by atoms with E-state index in [0.29, 0.717) is 6.04 Å². The van der Waals surface area contributed by atoms with Crippen LogP contribution in [0.5, 0.6) is 0 Å². The van der Waals surface area contributed by atoms with Gasteiger partial charge in [-0.15, -0.1) is 0 Å². The molecular formula is C19H22ClN. The number of halogens is 1. The molecule has 0 bridgehead atoms. The lowest BCUT2D eigenvalue weighted by atomic mass is 9.97. The van der Waals surface area contributed by atoms with E-state index in [1.54, 1.807) is 0 Å². The minimum atomic E-state index is 0.259. The van der Waals surface area contributed by atoms with Crippen LogP contribution in [0.1, 0.15) is 55.0 Å². The van der Waals surface area contributed by atoms with Gasteiger partial charge in [0.1, 0.15) is 0 Å². The number of fused-ring (bicyclic) bond motifs is 1. The third-order valence-corrected chi connectivity index (χ3v) is 4.79. The molecule has 0 saturated heterocycles. The Bertz CT molecular complexity index is 608. The SMILES string of the molecule is C[C@H](NC1CCCCc2ccccc21)c1ccccc1Cl. The van der Waals surface area contributed by atoms with E-state index < -0.39 is 0 Å². The number of hydrogen-bond donors (Lipinski definition) is 1. The third-order valence-electron chi connectivity index (χ3n) is 4.44. The summed E-state index contributed by atoms with van der Waals surface area (Å²) in [5, 5.41) is 4.63. The van der Waals surface area contributed by atoms with Crippen molar-refractivity contribution in [2.75, 3.05) is 0 Å². The third kappa shape index (κ3) is 3.30.